The molecule has 2 rings (SSSR count). The number of nitrogens with one attached hydrogen (secondary N) is 1. The number of benzene rings is 2. The number of hydrogen-bond acceptors (Lipinski definition) is 3. The van der Waals surface area contributed by atoms with Crippen LogP contribution in [0.5, 0.6) is 0 Å². The maximum Gasteiger partial charge on any atom is 0.407 e. The molecular formula is C19H15ClN2O2. The molecule has 2 aromatic carbocycles. The van der Waals surface area contributed by atoms with Crippen molar-refractivity contribution in [3.8, 4) is 17.9 Å². The SMILES string of the molecule is N#Cc1ccc(C#CCCNC(=O)OCc2ccccc2)cc1Cl. The molecule has 0 aliphatic rings. The van der Waals surface area contributed by atoms with Gasteiger partial charge < -0.3 is 10.1 Å². The second kappa shape index (κ2) is 9.25. The molecule has 0 radical (unpaired) electrons. The number of carbonyl (C=O) groups excluding carboxylic acids is 1. The van der Waals surface area contributed by atoms with Crippen LogP contribution in [0.15, 0.2) is 48.5 Å². The lowest BCUT2D eigenvalue weighted by Crippen LogP contribution is -2.24. The van der Waals surface area contributed by atoms with Gasteiger partial charge in [-0.25, -0.2) is 4.79 Å². The second-order valence-electron chi connectivity index (χ2n) is 4.85. The van der Waals surface area contributed by atoms with Crippen LogP contribution < -0.4 is 5.32 Å². The van der Waals surface area contributed by atoms with Gasteiger partial charge in [0.2, 0.25) is 0 Å². The zero-order chi connectivity index (χ0) is 17.2. The summed E-state index contributed by atoms with van der Waals surface area (Å²) in [4.78, 5) is 11.5. The molecule has 0 heterocycles. The predicted molar refractivity (Wildman–Crippen MR) is 92.3 cm³/mol. The first-order valence-corrected chi connectivity index (χ1v) is 7.70. The van der Waals surface area contributed by atoms with E-state index in [0.29, 0.717) is 23.6 Å². The number of amides is 1. The van der Waals surface area contributed by atoms with Gasteiger partial charge in [0.05, 0.1) is 10.6 Å². The van der Waals surface area contributed by atoms with Crippen molar-refractivity contribution < 1.29 is 9.53 Å². The summed E-state index contributed by atoms with van der Waals surface area (Å²) < 4.78 is 5.09. The van der Waals surface area contributed by atoms with Gasteiger partial charge in [-0.3, -0.25) is 0 Å². The molecule has 5 heteroatoms. The summed E-state index contributed by atoms with van der Waals surface area (Å²) in [5.74, 6) is 5.87. The van der Waals surface area contributed by atoms with Crippen LogP contribution in [0.4, 0.5) is 4.79 Å². The van der Waals surface area contributed by atoms with Crippen molar-refractivity contribution in [2.75, 3.05) is 6.54 Å². The fourth-order valence-electron chi connectivity index (χ4n) is 1.85. The van der Waals surface area contributed by atoms with E-state index in [1.807, 2.05) is 36.4 Å². The minimum atomic E-state index is -0.470. The van der Waals surface area contributed by atoms with Gasteiger partial charge in [0.1, 0.15) is 12.7 Å². The van der Waals surface area contributed by atoms with Crippen molar-refractivity contribution in [1.82, 2.24) is 5.32 Å². The lowest BCUT2D eigenvalue weighted by atomic mass is 10.1. The number of nitriles is 1. The number of halogens is 1. The minimum Gasteiger partial charge on any atom is -0.445 e. The maximum absolute atomic E-state index is 11.5. The molecule has 1 N–H and O–H groups in total. The Morgan fingerprint density at radius 1 is 1.21 bits per heavy atom. The first kappa shape index (κ1) is 17.4. The first-order chi connectivity index (χ1) is 11.7. The fourth-order valence-corrected chi connectivity index (χ4v) is 2.07. The van der Waals surface area contributed by atoms with E-state index < -0.39 is 6.09 Å². The number of nitrogens with zero attached hydrogens (tertiary/aromatic N) is 1. The van der Waals surface area contributed by atoms with E-state index in [9.17, 15) is 4.79 Å². The Kier molecular flexibility index (Phi) is 6.71. The highest BCUT2D eigenvalue weighted by Crippen LogP contribution is 2.16. The van der Waals surface area contributed by atoms with Gasteiger partial charge >= 0.3 is 6.09 Å². The molecule has 0 atom stereocenters. The predicted octanol–water partition coefficient (Wildman–Crippen LogP) is 3.88. The van der Waals surface area contributed by atoms with Crippen LogP contribution >= 0.6 is 11.6 Å². The lowest BCUT2D eigenvalue weighted by molar-refractivity contribution is 0.140. The van der Waals surface area contributed by atoms with E-state index in [1.54, 1.807) is 18.2 Å². The molecule has 0 bridgehead atoms. The van der Waals surface area contributed by atoms with Crippen LogP contribution in [-0.2, 0) is 11.3 Å². The van der Waals surface area contributed by atoms with E-state index in [1.165, 1.54) is 0 Å². The number of ether oxygens (including phenoxy) is 1. The van der Waals surface area contributed by atoms with Gasteiger partial charge in [-0.15, -0.1) is 0 Å². The molecule has 0 aliphatic heterocycles. The van der Waals surface area contributed by atoms with Crippen LogP contribution in [-0.4, -0.2) is 12.6 Å². The topological polar surface area (TPSA) is 62.1 Å². The summed E-state index contributed by atoms with van der Waals surface area (Å²) in [7, 11) is 0. The normalized spacial score (nSPS) is 9.33. The third-order valence-electron chi connectivity index (χ3n) is 3.05. The Labute approximate surface area is 146 Å². The van der Waals surface area contributed by atoms with Crippen molar-refractivity contribution in [2.24, 2.45) is 0 Å². The molecule has 0 saturated heterocycles. The van der Waals surface area contributed by atoms with Crippen LogP contribution in [0.1, 0.15) is 23.1 Å². The van der Waals surface area contributed by atoms with Crippen LogP contribution in [0, 0.1) is 23.2 Å². The third-order valence-corrected chi connectivity index (χ3v) is 3.37. The first-order valence-electron chi connectivity index (χ1n) is 7.32. The van der Waals surface area contributed by atoms with Gasteiger partial charge in [-0.05, 0) is 23.8 Å². The fraction of sp³-hybridized carbons (Fsp3) is 0.158. The van der Waals surface area contributed by atoms with Crippen molar-refractivity contribution in [3.05, 3.63) is 70.2 Å². The Bertz CT molecular complexity index is 802. The minimum absolute atomic E-state index is 0.238. The summed E-state index contributed by atoms with van der Waals surface area (Å²) in [6.45, 7) is 0.632. The number of hydrogen-bond donors (Lipinski definition) is 1. The monoisotopic (exact) mass is 338 g/mol. The maximum atomic E-state index is 11.5. The van der Waals surface area contributed by atoms with E-state index in [2.05, 4.69) is 17.2 Å². The average Bonchev–Trinajstić information content (AvgIpc) is 2.61. The smallest absolute Gasteiger partial charge is 0.407 e. The molecule has 0 aromatic heterocycles. The van der Waals surface area contributed by atoms with Gasteiger partial charge in [0.15, 0.2) is 0 Å². The zero-order valence-electron chi connectivity index (χ0n) is 12.9. The number of alkyl carbamates (subject to hydrolysis) is 1. The molecule has 2 aromatic rings. The van der Waals surface area contributed by atoms with E-state index in [0.717, 1.165) is 11.1 Å². The summed E-state index contributed by atoms with van der Waals surface area (Å²) in [5.41, 5.74) is 2.08. The number of rotatable bonds is 4. The largest absolute Gasteiger partial charge is 0.445 e. The molecule has 1 amide bonds. The summed E-state index contributed by atoms with van der Waals surface area (Å²) in [6.07, 6.45) is 0.0139. The molecule has 0 unspecified atom stereocenters. The van der Waals surface area contributed by atoms with Crippen LogP contribution in [0.25, 0.3) is 0 Å². The Hall–Kier alpha value is -2.95. The second-order valence-corrected chi connectivity index (χ2v) is 5.25. The van der Waals surface area contributed by atoms with Gasteiger partial charge in [-0.2, -0.15) is 5.26 Å². The average molecular weight is 339 g/mol. The van der Waals surface area contributed by atoms with Crippen molar-refractivity contribution >= 4 is 17.7 Å². The Balaban J connectivity index is 1.70. The molecule has 0 aliphatic carbocycles. The quantitative estimate of drug-likeness (QED) is 0.679. The zero-order valence-corrected chi connectivity index (χ0v) is 13.6. The third kappa shape index (κ3) is 5.68. The van der Waals surface area contributed by atoms with Crippen molar-refractivity contribution in [1.29, 1.82) is 5.26 Å². The highest BCUT2D eigenvalue weighted by atomic mass is 35.5. The molecule has 0 saturated carbocycles. The van der Waals surface area contributed by atoms with Crippen molar-refractivity contribution in [3.63, 3.8) is 0 Å². The van der Waals surface area contributed by atoms with E-state index in [4.69, 9.17) is 21.6 Å². The molecule has 4 nitrogen and oxygen atoms in total. The summed E-state index contributed by atoms with van der Waals surface area (Å²) >= 11 is 5.93. The Morgan fingerprint density at radius 3 is 2.71 bits per heavy atom. The van der Waals surface area contributed by atoms with Crippen molar-refractivity contribution in [2.45, 2.75) is 13.0 Å². The molecule has 120 valence electrons. The molecule has 0 spiro atoms. The van der Waals surface area contributed by atoms with Crippen LogP contribution in [0.2, 0.25) is 5.02 Å². The number of carbonyl (C=O) groups is 1. The molecular weight excluding hydrogens is 324 g/mol. The van der Waals surface area contributed by atoms with E-state index >= 15 is 0 Å². The van der Waals surface area contributed by atoms with Gasteiger partial charge in [-0.1, -0.05) is 53.8 Å². The van der Waals surface area contributed by atoms with E-state index in [-0.39, 0.29) is 6.61 Å². The molecule has 24 heavy (non-hydrogen) atoms. The summed E-state index contributed by atoms with van der Waals surface area (Å²) in [6, 6.07) is 16.5. The Morgan fingerprint density at radius 2 is 2.00 bits per heavy atom. The standard InChI is InChI=1S/C19H15ClN2O2/c20-18-12-15(9-10-17(18)13-21)6-4-5-11-22-19(23)24-14-16-7-2-1-3-8-16/h1-3,7-10,12H,5,11,14H2,(H,22,23). The highest BCUT2D eigenvalue weighted by molar-refractivity contribution is 6.31. The van der Waals surface area contributed by atoms with Crippen LogP contribution in [0.3, 0.4) is 0 Å². The van der Waals surface area contributed by atoms with Gasteiger partial charge in [0.25, 0.3) is 0 Å². The summed E-state index contributed by atoms with van der Waals surface area (Å²) in [5, 5.41) is 11.8. The lowest BCUT2D eigenvalue weighted by Gasteiger charge is -2.05. The highest BCUT2D eigenvalue weighted by Gasteiger charge is 2.01. The van der Waals surface area contributed by atoms with Gasteiger partial charge in [0, 0.05) is 18.5 Å². The molecule has 0 fully saturated rings.